The molecule has 0 aromatic heterocycles. The van der Waals surface area contributed by atoms with Crippen molar-refractivity contribution in [3.63, 3.8) is 0 Å². The maximum atomic E-state index is 5.89. The fourth-order valence-corrected chi connectivity index (χ4v) is 3.70. The van der Waals surface area contributed by atoms with Crippen molar-refractivity contribution in [1.29, 1.82) is 0 Å². The molecule has 0 amide bonds. The number of ether oxygens (including phenoxy) is 1. The van der Waals surface area contributed by atoms with E-state index in [1.807, 2.05) is 0 Å². The van der Waals surface area contributed by atoms with Crippen LogP contribution >= 0.6 is 0 Å². The summed E-state index contributed by atoms with van der Waals surface area (Å²) in [5.74, 6) is 0. The Bertz CT molecular complexity index is 232. The van der Waals surface area contributed by atoms with Crippen LogP contribution < -0.4 is 0 Å². The van der Waals surface area contributed by atoms with E-state index < -0.39 is 0 Å². The van der Waals surface area contributed by atoms with Crippen molar-refractivity contribution in [2.45, 2.75) is 96.2 Å². The van der Waals surface area contributed by atoms with E-state index in [2.05, 4.69) is 11.8 Å². The number of rotatable bonds is 11. The number of hydrogen-bond acceptors (Lipinski definition) is 2. The van der Waals surface area contributed by atoms with Crippen molar-refractivity contribution in [3.8, 4) is 0 Å². The highest BCUT2D eigenvalue weighted by Crippen LogP contribution is 2.26. The first-order chi connectivity index (χ1) is 9.88. The van der Waals surface area contributed by atoms with E-state index in [9.17, 15) is 0 Å². The molecule has 0 saturated carbocycles. The number of likely N-dealkylation sites (tertiary alicyclic amines) is 1. The summed E-state index contributed by atoms with van der Waals surface area (Å²) in [5, 5.41) is 0. The van der Waals surface area contributed by atoms with E-state index in [0.29, 0.717) is 12.2 Å². The predicted octanol–water partition coefficient (Wildman–Crippen LogP) is 4.77. The van der Waals surface area contributed by atoms with Gasteiger partial charge in [-0.1, -0.05) is 64.7 Å². The third-order valence-corrected chi connectivity index (χ3v) is 4.95. The fourth-order valence-electron chi connectivity index (χ4n) is 3.70. The van der Waals surface area contributed by atoms with Crippen LogP contribution in [0.5, 0.6) is 0 Å². The van der Waals surface area contributed by atoms with Crippen molar-refractivity contribution in [1.82, 2.24) is 4.90 Å². The standard InChI is InChI=1S/C18H35NO/c1-2-3-4-5-6-7-8-9-10-11-14-19-15-17-12-13-18(16-19)20-17/h17-18H,2-16H2,1H3. The molecule has 0 aromatic carbocycles. The lowest BCUT2D eigenvalue weighted by atomic mass is 10.1. The van der Waals surface area contributed by atoms with Gasteiger partial charge in [0.2, 0.25) is 0 Å². The molecule has 118 valence electrons. The summed E-state index contributed by atoms with van der Waals surface area (Å²) in [7, 11) is 0. The first kappa shape index (κ1) is 16.3. The van der Waals surface area contributed by atoms with Gasteiger partial charge in [0.1, 0.15) is 0 Å². The largest absolute Gasteiger partial charge is 0.372 e. The second-order valence-electron chi connectivity index (χ2n) is 6.90. The molecule has 2 heterocycles. The van der Waals surface area contributed by atoms with Crippen LogP contribution in [0.15, 0.2) is 0 Å². The van der Waals surface area contributed by atoms with Gasteiger partial charge in [-0.2, -0.15) is 0 Å². The number of fused-ring (bicyclic) bond motifs is 2. The Hall–Kier alpha value is -0.0800. The molecule has 2 heteroatoms. The van der Waals surface area contributed by atoms with Crippen molar-refractivity contribution >= 4 is 0 Å². The van der Waals surface area contributed by atoms with Crippen LogP contribution in [0.3, 0.4) is 0 Å². The van der Waals surface area contributed by atoms with E-state index in [1.54, 1.807) is 0 Å². The van der Waals surface area contributed by atoms with Gasteiger partial charge in [-0.15, -0.1) is 0 Å². The maximum Gasteiger partial charge on any atom is 0.0707 e. The molecule has 2 saturated heterocycles. The normalized spacial score (nSPS) is 26.2. The SMILES string of the molecule is CCCCCCCCCCCCN1CC2CCC(C1)O2. The monoisotopic (exact) mass is 281 g/mol. The fraction of sp³-hybridized carbons (Fsp3) is 1.00. The zero-order valence-electron chi connectivity index (χ0n) is 13.6. The smallest absolute Gasteiger partial charge is 0.0707 e. The molecule has 2 nitrogen and oxygen atoms in total. The quantitative estimate of drug-likeness (QED) is 0.506. The molecule has 2 fully saturated rings. The van der Waals surface area contributed by atoms with Crippen LogP contribution in [-0.2, 0) is 4.74 Å². The summed E-state index contributed by atoms with van der Waals surface area (Å²) in [4.78, 5) is 2.65. The summed E-state index contributed by atoms with van der Waals surface area (Å²) >= 11 is 0. The molecule has 0 aromatic rings. The average molecular weight is 281 g/mol. The van der Waals surface area contributed by atoms with Crippen molar-refractivity contribution in [2.24, 2.45) is 0 Å². The zero-order valence-corrected chi connectivity index (χ0v) is 13.6. The molecule has 2 bridgehead atoms. The number of hydrogen-bond donors (Lipinski definition) is 0. The van der Waals surface area contributed by atoms with Crippen LogP contribution in [0.4, 0.5) is 0 Å². The minimum Gasteiger partial charge on any atom is -0.372 e. The van der Waals surface area contributed by atoms with E-state index in [4.69, 9.17) is 4.74 Å². The van der Waals surface area contributed by atoms with Crippen molar-refractivity contribution < 1.29 is 4.74 Å². The molecule has 0 aliphatic carbocycles. The Morgan fingerprint density at radius 3 is 1.80 bits per heavy atom. The molecule has 2 unspecified atom stereocenters. The van der Waals surface area contributed by atoms with E-state index >= 15 is 0 Å². The summed E-state index contributed by atoms with van der Waals surface area (Å²) in [6, 6.07) is 0. The van der Waals surface area contributed by atoms with Crippen LogP contribution in [0.25, 0.3) is 0 Å². The summed E-state index contributed by atoms with van der Waals surface area (Å²) in [6.45, 7) is 6.01. The Morgan fingerprint density at radius 1 is 0.750 bits per heavy atom. The Labute approximate surface area is 126 Å². The minimum absolute atomic E-state index is 0.567. The number of morpholine rings is 1. The van der Waals surface area contributed by atoms with Crippen LogP contribution in [0.1, 0.15) is 84.0 Å². The third kappa shape index (κ3) is 6.13. The number of unbranched alkanes of at least 4 members (excludes halogenated alkanes) is 9. The Morgan fingerprint density at radius 2 is 1.25 bits per heavy atom. The Balaban J connectivity index is 1.35. The summed E-state index contributed by atoms with van der Waals surface area (Å²) < 4.78 is 5.89. The van der Waals surface area contributed by atoms with Gasteiger partial charge < -0.3 is 4.74 Å². The first-order valence-corrected chi connectivity index (χ1v) is 9.26. The average Bonchev–Trinajstić information content (AvgIpc) is 2.80. The number of nitrogens with zero attached hydrogens (tertiary/aromatic N) is 1. The predicted molar refractivity (Wildman–Crippen MR) is 86.2 cm³/mol. The van der Waals surface area contributed by atoms with Crippen molar-refractivity contribution in [2.75, 3.05) is 19.6 Å². The highest BCUT2D eigenvalue weighted by atomic mass is 16.5. The van der Waals surface area contributed by atoms with Crippen LogP contribution in [-0.4, -0.2) is 36.7 Å². The van der Waals surface area contributed by atoms with Gasteiger partial charge in [-0.3, -0.25) is 4.90 Å². The van der Waals surface area contributed by atoms with E-state index in [0.717, 1.165) is 0 Å². The van der Waals surface area contributed by atoms with Gasteiger partial charge in [0.25, 0.3) is 0 Å². The molecule has 2 rings (SSSR count). The third-order valence-electron chi connectivity index (χ3n) is 4.95. The molecule has 20 heavy (non-hydrogen) atoms. The van der Waals surface area contributed by atoms with Gasteiger partial charge >= 0.3 is 0 Å². The van der Waals surface area contributed by atoms with Gasteiger partial charge in [0.15, 0.2) is 0 Å². The van der Waals surface area contributed by atoms with Crippen LogP contribution in [0.2, 0.25) is 0 Å². The molecule has 2 atom stereocenters. The lowest BCUT2D eigenvalue weighted by molar-refractivity contribution is -0.0385. The lowest BCUT2D eigenvalue weighted by Gasteiger charge is -2.32. The zero-order chi connectivity index (χ0) is 14.0. The Kier molecular flexibility index (Phi) is 7.97. The second-order valence-corrected chi connectivity index (χ2v) is 6.90. The van der Waals surface area contributed by atoms with Gasteiger partial charge in [0.05, 0.1) is 12.2 Å². The first-order valence-electron chi connectivity index (χ1n) is 9.26. The van der Waals surface area contributed by atoms with Gasteiger partial charge in [-0.05, 0) is 25.8 Å². The van der Waals surface area contributed by atoms with Gasteiger partial charge in [0, 0.05) is 13.1 Å². The molecule has 0 N–H and O–H groups in total. The summed E-state index contributed by atoms with van der Waals surface area (Å²) in [5.41, 5.74) is 0. The van der Waals surface area contributed by atoms with Gasteiger partial charge in [-0.25, -0.2) is 0 Å². The molecule has 2 aliphatic rings. The summed E-state index contributed by atoms with van der Waals surface area (Å²) in [6.07, 6.45) is 18.1. The van der Waals surface area contributed by atoms with Crippen LogP contribution in [0, 0.1) is 0 Å². The molecule has 0 radical (unpaired) electrons. The maximum absolute atomic E-state index is 5.89. The topological polar surface area (TPSA) is 12.5 Å². The molecule has 0 spiro atoms. The highest BCUT2D eigenvalue weighted by molar-refractivity contribution is 4.84. The van der Waals surface area contributed by atoms with Crippen molar-refractivity contribution in [3.05, 3.63) is 0 Å². The van der Waals surface area contributed by atoms with E-state index in [-0.39, 0.29) is 0 Å². The molecular formula is C18H35NO. The molecular weight excluding hydrogens is 246 g/mol. The lowest BCUT2D eigenvalue weighted by Crippen LogP contribution is -2.42. The highest BCUT2D eigenvalue weighted by Gasteiger charge is 2.32. The second kappa shape index (κ2) is 9.78. The van der Waals surface area contributed by atoms with E-state index in [1.165, 1.54) is 96.7 Å². The molecule has 2 aliphatic heterocycles. The minimum atomic E-state index is 0.567.